The van der Waals surface area contributed by atoms with Crippen LogP contribution < -0.4 is 0 Å². The minimum atomic E-state index is -0.577. The molecule has 1 unspecified atom stereocenters. The van der Waals surface area contributed by atoms with Crippen molar-refractivity contribution >= 4 is 0 Å². The lowest BCUT2D eigenvalue weighted by molar-refractivity contribution is -0.171. The molecule has 0 amide bonds. The molecule has 28 heavy (non-hydrogen) atoms. The minimum absolute atomic E-state index is 0.259. The number of benzene rings is 3. The first-order valence-corrected chi connectivity index (χ1v) is 10.0. The normalized spacial score (nSPS) is 20.0. The Morgan fingerprint density at radius 1 is 0.714 bits per heavy atom. The van der Waals surface area contributed by atoms with Crippen molar-refractivity contribution < 1.29 is 9.47 Å². The second-order valence-electron chi connectivity index (χ2n) is 7.63. The van der Waals surface area contributed by atoms with Crippen molar-refractivity contribution in [1.82, 2.24) is 4.90 Å². The Balaban J connectivity index is 1.51. The monoisotopic (exact) mass is 371 g/mol. The van der Waals surface area contributed by atoms with Crippen LogP contribution >= 0.6 is 0 Å². The van der Waals surface area contributed by atoms with Gasteiger partial charge in [-0.1, -0.05) is 84.9 Å². The molecular formula is C25H25NO2. The molecule has 1 spiro atoms. The molecule has 1 aliphatic carbocycles. The third-order valence-electron chi connectivity index (χ3n) is 5.84. The van der Waals surface area contributed by atoms with Crippen molar-refractivity contribution in [1.29, 1.82) is 0 Å². The molecule has 142 valence electrons. The molecule has 0 bridgehead atoms. The van der Waals surface area contributed by atoms with Crippen molar-refractivity contribution in [2.24, 2.45) is 0 Å². The van der Waals surface area contributed by atoms with Gasteiger partial charge in [-0.2, -0.15) is 0 Å². The molecule has 3 aromatic rings. The van der Waals surface area contributed by atoms with Gasteiger partial charge in [0.2, 0.25) is 0 Å². The van der Waals surface area contributed by atoms with E-state index in [1.807, 2.05) is 0 Å². The van der Waals surface area contributed by atoms with Gasteiger partial charge in [-0.25, -0.2) is 0 Å². The summed E-state index contributed by atoms with van der Waals surface area (Å²) in [5.41, 5.74) is 5.18. The highest BCUT2D eigenvalue weighted by Gasteiger charge is 2.49. The third-order valence-corrected chi connectivity index (χ3v) is 5.84. The molecule has 0 aromatic heterocycles. The van der Waals surface area contributed by atoms with Crippen LogP contribution in [0.5, 0.6) is 0 Å². The molecule has 3 heteroatoms. The van der Waals surface area contributed by atoms with Gasteiger partial charge in [-0.05, 0) is 16.7 Å². The molecule has 0 radical (unpaired) electrons. The Morgan fingerprint density at radius 2 is 1.25 bits per heavy atom. The van der Waals surface area contributed by atoms with E-state index in [2.05, 4.69) is 89.8 Å². The standard InChI is InChI=1S/C25H25NO2/c1-3-9-20(10-4-1)18-26(19-21-11-5-2-6-12-21)24-17-25(27-15-16-28-25)23-14-8-7-13-22(23)24/h1-14,24H,15-19H2. The zero-order valence-corrected chi connectivity index (χ0v) is 16.0. The molecule has 3 nitrogen and oxygen atoms in total. The van der Waals surface area contributed by atoms with Crippen molar-refractivity contribution in [3.05, 3.63) is 107 Å². The number of hydrogen-bond donors (Lipinski definition) is 0. The molecule has 3 aromatic carbocycles. The van der Waals surface area contributed by atoms with Gasteiger partial charge in [0, 0.05) is 31.1 Å². The lowest BCUT2D eigenvalue weighted by Gasteiger charge is -2.31. The maximum Gasteiger partial charge on any atom is 0.197 e. The molecule has 5 rings (SSSR count). The van der Waals surface area contributed by atoms with E-state index >= 15 is 0 Å². The molecule has 1 aliphatic heterocycles. The van der Waals surface area contributed by atoms with Gasteiger partial charge in [-0.3, -0.25) is 4.90 Å². The van der Waals surface area contributed by atoms with Crippen LogP contribution in [0.4, 0.5) is 0 Å². The summed E-state index contributed by atoms with van der Waals surface area (Å²) in [6.07, 6.45) is 0.839. The Morgan fingerprint density at radius 3 is 1.86 bits per heavy atom. The second-order valence-corrected chi connectivity index (χ2v) is 7.63. The highest BCUT2D eigenvalue weighted by atomic mass is 16.7. The van der Waals surface area contributed by atoms with E-state index in [-0.39, 0.29) is 6.04 Å². The fraction of sp³-hybridized carbons (Fsp3) is 0.280. The molecule has 1 fully saturated rings. The number of ether oxygens (including phenoxy) is 2. The zero-order valence-electron chi connectivity index (χ0n) is 16.0. The largest absolute Gasteiger partial charge is 0.343 e. The van der Waals surface area contributed by atoms with Gasteiger partial charge >= 0.3 is 0 Å². The van der Waals surface area contributed by atoms with Crippen molar-refractivity contribution in [2.75, 3.05) is 13.2 Å². The van der Waals surface area contributed by atoms with Gasteiger partial charge in [-0.15, -0.1) is 0 Å². The minimum Gasteiger partial charge on any atom is -0.343 e. The van der Waals surface area contributed by atoms with Crippen molar-refractivity contribution in [3.63, 3.8) is 0 Å². The van der Waals surface area contributed by atoms with Crippen LogP contribution in [0.15, 0.2) is 84.9 Å². The van der Waals surface area contributed by atoms with Gasteiger partial charge in [0.25, 0.3) is 0 Å². The van der Waals surface area contributed by atoms with Gasteiger partial charge in [0.05, 0.1) is 13.2 Å². The van der Waals surface area contributed by atoms with E-state index in [9.17, 15) is 0 Å². The Bertz CT molecular complexity index is 878. The number of rotatable bonds is 5. The summed E-state index contributed by atoms with van der Waals surface area (Å²) in [6, 6.07) is 30.3. The van der Waals surface area contributed by atoms with E-state index in [0.29, 0.717) is 13.2 Å². The summed E-state index contributed by atoms with van der Waals surface area (Å²) in [7, 11) is 0. The van der Waals surface area contributed by atoms with Crippen LogP contribution in [0.25, 0.3) is 0 Å². The third kappa shape index (κ3) is 3.26. The second kappa shape index (κ2) is 7.51. The Hall–Kier alpha value is -2.46. The highest BCUT2D eigenvalue weighted by Crippen LogP contribution is 2.51. The van der Waals surface area contributed by atoms with Crippen LogP contribution in [-0.4, -0.2) is 18.1 Å². The quantitative estimate of drug-likeness (QED) is 0.628. The molecule has 0 N–H and O–H groups in total. The van der Waals surface area contributed by atoms with Crippen LogP contribution in [0.3, 0.4) is 0 Å². The first-order chi connectivity index (χ1) is 13.8. The van der Waals surface area contributed by atoms with E-state index < -0.39 is 5.79 Å². The van der Waals surface area contributed by atoms with Gasteiger partial charge in [0.15, 0.2) is 5.79 Å². The summed E-state index contributed by atoms with van der Waals surface area (Å²) >= 11 is 0. The summed E-state index contributed by atoms with van der Waals surface area (Å²) in [4.78, 5) is 2.56. The average Bonchev–Trinajstić information content (AvgIpc) is 3.35. The zero-order chi connectivity index (χ0) is 18.8. The van der Waals surface area contributed by atoms with E-state index in [0.717, 1.165) is 19.5 Å². The molecule has 1 heterocycles. The summed E-state index contributed by atoms with van der Waals surface area (Å²) in [5, 5.41) is 0. The summed E-state index contributed by atoms with van der Waals surface area (Å²) < 4.78 is 12.3. The molecule has 1 atom stereocenters. The predicted molar refractivity (Wildman–Crippen MR) is 110 cm³/mol. The summed E-state index contributed by atoms with van der Waals surface area (Å²) in [5.74, 6) is -0.577. The van der Waals surface area contributed by atoms with E-state index in [1.54, 1.807) is 0 Å². The SMILES string of the molecule is c1ccc(CN(Cc2ccccc2)C2CC3(OCCO3)c3ccccc32)cc1. The molecular weight excluding hydrogens is 346 g/mol. The highest BCUT2D eigenvalue weighted by molar-refractivity contribution is 5.39. The Labute approximate surface area is 166 Å². The molecule has 2 aliphatic rings. The maximum atomic E-state index is 6.16. The topological polar surface area (TPSA) is 21.7 Å². The van der Waals surface area contributed by atoms with Crippen molar-refractivity contribution in [2.45, 2.75) is 31.3 Å². The lowest BCUT2D eigenvalue weighted by Crippen LogP contribution is -2.30. The van der Waals surface area contributed by atoms with Crippen LogP contribution in [0.1, 0.15) is 34.7 Å². The fourth-order valence-corrected chi connectivity index (χ4v) is 4.57. The van der Waals surface area contributed by atoms with Gasteiger partial charge < -0.3 is 9.47 Å². The number of hydrogen-bond acceptors (Lipinski definition) is 3. The first-order valence-electron chi connectivity index (χ1n) is 10.0. The summed E-state index contributed by atoms with van der Waals surface area (Å²) in [6.45, 7) is 3.12. The van der Waals surface area contributed by atoms with Gasteiger partial charge in [0.1, 0.15) is 0 Å². The molecule has 0 saturated carbocycles. The average molecular weight is 371 g/mol. The lowest BCUT2D eigenvalue weighted by atomic mass is 10.0. The Kier molecular flexibility index (Phi) is 4.73. The first kappa shape index (κ1) is 17.6. The van der Waals surface area contributed by atoms with Crippen molar-refractivity contribution in [3.8, 4) is 0 Å². The van der Waals surface area contributed by atoms with Crippen LogP contribution in [0, 0.1) is 0 Å². The smallest absolute Gasteiger partial charge is 0.197 e. The number of fused-ring (bicyclic) bond motifs is 2. The fourth-order valence-electron chi connectivity index (χ4n) is 4.57. The van der Waals surface area contributed by atoms with Crippen LogP contribution in [-0.2, 0) is 28.4 Å². The molecule has 1 saturated heterocycles. The van der Waals surface area contributed by atoms with Crippen LogP contribution in [0.2, 0.25) is 0 Å². The van der Waals surface area contributed by atoms with E-state index in [1.165, 1.54) is 22.3 Å². The number of nitrogens with zero attached hydrogens (tertiary/aromatic N) is 1. The maximum absolute atomic E-state index is 6.16. The van der Waals surface area contributed by atoms with E-state index in [4.69, 9.17) is 9.47 Å². The predicted octanol–water partition coefficient (Wildman–Crippen LogP) is 5.03.